The summed E-state index contributed by atoms with van der Waals surface area (Å²) in [5.74, 6) is -0.671. The van der Waals surface area contributed by atoms with Crippen LogP contribution in [0.3, 0.4) is 0 Å². The molecule has 270 valence electrons. The number of carboxylic acids is 1. The smallest absolute Gasteiger partial charge is 0.306 e. The van der Waals surface area contributed by atoms with Crippen molar-refractivity contribution in [2.75, 3.05) is 0 Å². The summed E-state index contributed by atoms with van der Waals surface area (Å²) < 4.78 is 5.65. The molecule has 0 aromatic carbocycles. The molecule has 0 amide bonds. The Morgan fingerprint density at radius 1 is 0.500 bits per heavy atom. The number of aliphatic carboxylic acids is 1. The van der Waals surface area contributed by atoms with Crippen LogP contribution in [0, 0.1) is 0 Å². The molecule has 1 unspecified atom stereocenters. The lowest BCUT2D eigenvalue weighted by molar-refractivity contribution is -0.148. The first kappa shape index (κ1) is 44.4. The Morgan fingerprint density at radius 2 is 0.870 bits per heavy atom. The van der Waals surface area contributed by atoms with Crippen LogP contribution >= 0.6 is 0 Å². The zero-order valence-corrected chi connectivity index (χ0v) is 30.9. The molecule has 0 rings (SSSR count). The van der Waals surface area contributed by atoms with Crippen molar-refractivity contribution in [1.29, 1.82) is 0 Å². The van der Waals surface area contributed by atoms with Crippen molar-refractivity contribution >= 4 is 11.9 Å². The van der Waals surface area contributed by atoms with Crippen molar-refractivity contribution in [3.63, 3.8) is 0 Å². The molecule has 4 nitrogen and oxygen atoms in total. The van der Waals surface area contributed by atoms with Crippen LogP contribution in [0.2, 0.25) is 0 Å². The van der Waals surface area contributed by atoms with Gasteiger partial charge in [0.25, 0.3) is 0 Å². The number of carbonyl (C=O) groups is 2. The lowest BCUT2D eigenvalue weighted by atomic mass is 10.0. The third-order valence-electron chi connectivity index (χ3n) is 9.17. The van der Waals surface area contributed by atoms with Gasteiger partial charge in [0, 0.05) is 12.8 Å². The van der Waals surface area contributed by atoms with Crippen LogP contribution in [0.5, 0.6) is 0 Å². The molecule has 0 aliphatic heterocycles. The Morgan fingerprint density at radius 3 is 1.30 bits per heavy atom. The van der Waals surface area contributed by atoms with Gasteiger partial charge in [0.15, 0.2) is 0 Å². The highest BCUT2D eigenvalue weighted by atomic mass is 16.5. The molecule has 0 spiro atoms. The number of rotatable bonds is 37. The largest absolute Gasteiger partial charge is 0.481 e. The third-order valence-corrected chi connectivity index (χ3v) is 9.17. The van der Waals surface area contributed by atoms with Gasteiger partial charge < -0.3 is 9.84 Å². The summed E-state index contributed by atoms with van der Waals surface area (Å²) in [7, 11) is 0. The van der Waals surface area contributed by atoms with Gasteiger partial charge in [0.2, 0.25) is 0 Å². The Hall–Kier alpha value is -1.58. The average Bonchev–Trinajstić information content (AvgIpc) is 3.03. The molecular weight excluding hydrogens is 568 g/mol. The summed E-state index contributed by atoms with van der Waals surface area (Å²) in [5, 5.41) is 8.65. The molecule has 0 aliphatic rings. The van der Waals surface area contributed by atoms with Crippen molar-refractivity contribution in [1.82, 2.24) is 0 Å². The molecular formula is C42H78O4. The van der Waals surface area contributed by atoms with Gasteiger partial charge in [-0.05, 0) is 64.7 Å². The highest BCUT2D eigenvalue weighted by Crippen LogP contribution is 2.16. The van der Waals surface area contributed by atoms with Gasteiger partial charge in [-0.15, -0.1) is 0 Å². The van der Waals surface area contributed by atoms with E-state index in [1.54, 1.807) is 0 Å². The highest BCUT2D eigenvalue weighted by Gasteiger charge is 2.09. The number of carboxylic acid groups (broad SMARTS) is 1. The van der Waals surface area contributed by atoms with Crippen molar-refractivity contribution in [2.24, 2.45) is 0 Å². The molecule has 0 heterocycles. The maximum absolute atomic E-state index is 12.2. The van der Waals surface area contributed by atoms with Crippen molar-refractivity contribution < 1.29 is 19.4 Å². The van der Waals surface area contributed by atoms with E-state index in [0.29, 0.717) is 12.8 Å². The quantitative estimate of drug-likeness (QED) is 0.0414. The van der Waals surface area contributed by atoms with Gasteiger partial charge in [-0.3, -0.25) is 9.59 Å². The molecule has 0 radical (unpaired) electrons. The van der Waals surface area contributed by atoms with Crippen molar-refractivity contribution in [2.45, 2.75) is 232 Å². The number of hydrogen-bond acceptors (Lipinski definition) is 3. The predicted octanol–water partition coefficient (Wildman–Crippen LogP) is 14.0. The van der Waals surface area contributed by atoms with Crippen LogP contribution in [-0.2, 0) is 14.3 Å². The molecule has 1 N–H and O–H groups in total. The van der Waals surface area contributed by atoms with Gasteiger partial charge in [-0.2, -0.15) is 0 Å². The van der Waals surface area contributed by atoms with Crippen LogP contribution in [0.25, 0.3) is 0 Å². The minimum absolute atomic E-state index is 0.00195. The van der Waals surface area contributed by atoms with E-state index >= 15 is 0 Å². The fourth-order valence-corrected chi connectivity index (χ4v) is 6.14. The molecule has 0 fully saturated rings. The van der Waals surface area contributed by atoms with Crippen LogP contribution in [0.1, 0.15) is 226 Å². The molecule has 1 atom stereocenters. The predicted molar refractivity (Wildman–Crippen MR) is 200 cm³/mol. The third kappa shape index (κ3) is 38.6. The van der Waals surface area contributed by atoms with E-state index in [0.717, 1.165) is 44.9 Å². The maximum Gasteiger partial charge on any atom is 0.306 e. The summed E-state index contributed by atoms with van der Waals surface area (Å²) in [6, 6.07) is 0. The van der Waals surface area contributed by atoms with E-state index in [1.165, 1.54) is 154 Å². The Balaban J connectivity index is 3.31. The number of unbranched alkanes of at least 4 members (excludes halogenated alkanes) is 26. The van der Waals surface area contributed by atoms with Crippen molar-refractivity contribution in [3.05, 3.63) is 24.3 Å². The average molecular weight is 647 g/mol. The number of allylic oxidation sites excluding steroid dienone is 4. The maximum atomic E-state index is 12.2. The second kappa shape index (κ2) is 37.9. The summed E-state index contributed by atoms with van der Waals surface area (Å²) >= 11 is 0. The normalized spacial score (nSPS) is 12.4. The SMILES string of the molecule is CCCCC/C=C\C/C=C\CCCCCCCCCCCCCC(=O)OC(C)CCCCCCCCCCCCCCCC(=O)O. The lowest BCUT2D eigenvalue weighted by Crippen LogP contribution is -2.14. The number of hydrogen-bond donors (Lipinski definition) is 1. The van der Waals surface area contributed by atoms with Crippen LogP contribution in [0.15, 0.2) is 24.3 Å². The standard InChI is InChI=1S/C42H78O4/c1-3-4-5-6-7-8-9-10-11-12-13-14-15-16-17-21-24-27-30-33-36-39-42(45)46-40(2)37-34-31-28-25-22-19-18-20-23-26-29-32-35-38-41(43)44/h7-8,10-11,40H,3-6,9,12-39H2,1-2H3,(H,43,44)/b8-7-,11-10-. The summed E-state index contributed by atoms with van der Waals surface area (Å²) in [6.45, 7) is 4.31. The van der Waals surface area contributed by atoms with Gasteiger partial charge in [0.05, 0.1) is 6.10 Å². The second-order valence-corrected chi connectivity index (χ2v) is 13.9. The molecule has 46 heavy (non-hydrogen) atoms. The first-order valence-electron chi connectivity index (χ1n) is 20.3. The lowest BCUT2D eigenvalue weighted by Gasteiger charge is -2.13. The van der Waals surface area contributed by atoms with E-state index in [-0.39, 0.29) is 12.1 Å². The Labute approximate surface area is 287 Å². The van der Waals surface area contributed by atoms with Crippen LogP contribution < -0.4 is 0 Å². The Kier molecular flexibility index (Phi) is 36.6. The highest BCUT2D eigenvalue weighted by molar-refractivity contribution is 5.69. The minimum atomic E-state index is -0.669. The van der Waals surface area contributed by atoms with E-state index in [9.17, 15) is 9.59 Å². The summed E-state index contributed by atoms with van der Waals surface area (Å²) in [6.07, 6.45) is 49.1. The van der Waals surface area contributed by atoms with Gasteiger partial charge in [-0.1, -0.05) is 172 Å². The number of esters is 1. The van der Waals surface area contributed by atoms with Crippen LogP contribution in [0.4, 0.5) is 0 Å². The molecule has 0 bridgehead atoms. The first-order valence-corrected chi connectivity index (χ1v) is 20.3. The zero-order chi connectivity index (χ0) is 33.6. The van der Waals surface area contributed by atoms with Gasteiger partial charge in [-0.25, -0.2) is 0 Å². The van der Waals surface area contributed by atoms with Gasteiger partial charge in [0.1, 0.15) is 0 Å². The Bertz CT molecular complexity index is 698. The van der Waals surface area contributed by atoms with Crippen LogP contribution in [-0.4, -0.2) is 23.1 Å². The molecule has 0 aliphatic carbocycles. The fourth-order valence-electron chi connectivity index (χ4n) is 6.14. The van der Waals surface area contributed by atoms with E-state index in [2.05, 4.69) is 38.2 Å². The minimum Gasteiger partial charge on any atom is -0.481 e. The fraction of sp³-hybridized carbons (Fsp3) is 0.857. The molecule has 0 aromatic rings. The second-order valence-electron chi connectivity index (χ2n) is 13.9. The molecule has 0 aromatic heterocycles. The first-order chi connectivity index (χ1) is 22.6. The molecule has 0 saturated heterocycles. The van der Waals surface area contributed by atoms with Crippen molar-refractivity contribution in [3.8, 4) is 0 Å². The molecule has 0 saturated carbocycles. The van der Waals surface area contributed by atoms with E-state index in [4.69, 9.17) is 9.84 Å². The van der Waals surface area contributed by atoms with E-state index in [1.807, 2.05) is 0 Å². The monoisotopic (exact) mass is 647 g/mol. The number of ether oxygens (including phenoxy) is 1. The summed E-state index contributed by atoms with van der Waals surface area (Å²) in [5.41, 5.74) is 0. The number of carbonyl (C=O) groups excluding carboxylic acids is 1. The van der Waals surface area contributed by atoms with Gasteiger partial charge >= 0.3 is 11.9 Å². The topological polar surface area (TPSA) is 63.6 Å². The summed E-state index contributed by atoms with van der Waals surface area (Å²) in [4.78, 5) is 22.7. The zero-order valence-electron chi connectivity index (χ0n) is 30.9. The molecule has 4 heteroatoms. The van der Waals surface area contributed by atoms with E-state index < -0.39 is 5.97 Å².